The quantitative estimate of drug-likeness (QED) is 0.568. The van der Waals surface area contributed by atoms with Crippen LogP contribution in [0.2, 0.25) is 0 Å². The van der Waals surface area contributed by atoms with Crippen molar-refractivity contribution in [2.24, 2.45) is 0 Å². The highest BCUT2D eigenvalue weighted by Crippen LogP contribution is 2.30. The molecule has 0 aliphatic heterocycles. The van der Waals surface area contributed by atoms with Gasteiger partial charge in [0.05, 0.1) is 0 Å². The molecule has 0 N–H and O–H groups in total. The molecule has 2 rings (SSSR count). The summed E-state index contributed by atoms with van der Waals surface area (Å²) in [6, 6.07) is 8.59. The van der Waals surface area contributed by atoms with Gasteiger partial charge in [0.25, 0.3) is 0 Å². The van der Waals surface area contributed by atoms with E-state index in [1.54, 1.807) is 0 Å². The zero-order valence-corrected chi connectivity index (χ0v) is 6.80. The lowest BCUT2D eigenvalue weighted by molar-refractivity contribution is 0.985. The zero-order chi connectivity index (χ0) is 7.68. The molecule has 11 heavy (non-hydrogen) atoms. The van der Waals surface area contributed by atoms with E-state index < -0.39 is 0 Å². The highest BCUT2D eigenvalue weighted by atomic mass is 14.1. The maximum Gasteiger partial charge on any atom is -0.0198 e. The minimum Gasteiger partial charge on any atom is -0.0804 e. The third kappa shape index (κ3) is 1.09. The SMILES string of the molecule is Cc1ccccc1C1=CCC1. The van der Waals surface area contributed by atoms with Gasteiger partial charge in [0.2, 0.25) is 0 Å². The van der Waals surface area contributed by atoms with Gasteiger partial charge in [-0.15, -0.1) is 0 Å². The van der Waals surface area contributed by atoms with Crippen LogP contribution < -0.4 is 0 Å². The molecule has 0 amide bonds. The van der Waals surface area contributed by atoms with E-state index >= 15 is 0 Å². The van der Waals surface area contributed by atoms with Crippen LogP contribution in [-0.2, 0) is 0 Å². The smallest absolute Gasteiger partial charge is 0.0198 e. The van der Waals surface area contributed by atoms with Crippen LogP contribution in [0.25, 0.3) is 5.57 Å². The average Bonchev–Trinajstić information content (AvgIpc) is 1.90. The molecular weight excluding hydrogens is 132 g/mol. The molecule has 0 heteroatoms. The van der Waals surface area contributed by atoms with Gasteiger partial charge in [0.1, 0.15) is 0 Å². The van der Waals surface area contributed by atoms with Crippen LogP contribution in [0.4, 0.5) is 0 Å². The molecule has 1 aliphatic rings. The number of allylic oxidation sites excluding steroid dienone is 2. The van der Waals surface area contributed by atoms with Crippen LogP contribution in [0.5, 0.6) is 0 Å². The van der Waals surface area contributed by atoms with Crippen molar-refractivity contribution < 1.29 is 0 Å². The van der Waals surface area contributed by atoms with Crippen LogP contribution in [0.3, 0.4) is 0 Å². The monoisotopic (exact) mass is 144 g/mol. The average molecular weight is 144 g/mol. The first kappa shape index (κ1) is 6.66. The first-order valence-electron chi connectivity index (χ1n) is 4.13. The Morgan fingerprint density at radius 2 is 1.91 bits per heavy atom. The van der Waals surface area contributed by atoms with Crippen molar-refractivity contribution in [3.05, 3.63) is 41.5 Å². The van der Waals surface area contributed by atoms with E-state index in [9.17, 15) is 0 Å². The Kier molecular flexibility index (Phi) is 1.54. The number of aryl methyl sites for hydroxylation is 1. The Hall–Kier alpha value is -1.04. The van der Waals surface area contributed by atoms with E-state index in [1.807, 2.05) is 0 Å². The molecule has 1 aromatic carbocycles. The van der Waals surface area contributed by atoms with Crippen LogP contribution >= 0.6 is 0 Å². The van der Waals surface area contributed by atoms with Gasteiger partial charge < -0.3 is 0 Å². The van der Waals surface area contributed by atoms with Crippen molar-refractivity contribution in [1.29, 1.82) is 0 Å². The molecule has 0 fully saturated rings. The van der Waals surface area contributed by atoms with Gasteiger partial charge in [-0.25, -0.2) is 0 Å². The Labute approximate surface area is 67.6 Å². The van der Waals surface area contributed by atoms with E-state index in [0.29, 0.717) is 0 Å². The lowest BCUT2D eigenvalue weighted by Gasteiger charge is -2.16. The molecule has 1 aliphatic carbocycles. The highest BCUT2D eigenvalue weighted by molar-refractivity contribution is 5.71. The third-order valence-corrected chi connectivity index (χ3v) is 2.30. The van der Waals surface area contributed by atoms with Crippen molar-refractivity contribution in [1.82, 2.24) is 0 Å². The molecule has 0 bridgehead atoms. The Bertz CT molecular complexity index is 295. The van der Waals surface area contributed by atoms with Crippen molar-refractivity contribution in [2.45, 2.75) is 19.8 Å². The number of benzene rings is 1. The van der Waals surface area contributed by atoms with Gasteiger partial charge in [-0.1, -0.05) is 30.3 Å². The predicted molar refractivity (Wildman–Crippen MR) is 48.4 cm³/mol. The van der Waals surface area contributed by atoms with Gasteiger partial charge in [0.15, 0.2) is 0 Å². The van der Waals surface area contributed by atoms with Gasteiger partial charge >= 0.3 is 0 Å². The van der Waals surface area contributed by atoms with Crippen molar-refractivity contribution in [3.63, 3.8) is 0 Å². The standard InChI is InChI=1S/C11H12/c1-9-5-2-3-8-11(9)10-6-4-7-10/h2-3,5-6,8H,4,7H2,1H3. The third-order valence-electron chi connectivity index (χ3n) is 2.30. The van der Waals surface area contributed by atoms with Crippen LogP contribution in [0.15, 0.2) is 30.3 Å². The summed E-state index contributed by atoms with van der Waals surface area (Å²) in [7, 11) is 0. The van der Waals surface area contributed by atoms with Crippen LogP contribution in [0.1, 0.15) is 24.0 Å². The zero-order valence-electron chi connectivity index (χ0n) is 6.80. The Balaban J connectivity index is 2.44. The van der Waals surface area contributed by atoms with Crippen LogP contribution in [0, 0.1) is 6.92 Å². The maximum atomic E-state index is 2.32. The molecule has 0 spiro atoms. The number of rotatable bonds is 1. The van der Waals surface area contributed by atoms with Crippen molar-refractivity contribution >= 4 is 5.57 Å². The van der Waals surface area contributed by atoms with E-state index in [2.05, 4.69) is 37.3 Å². The molecular formula is C11H12. The first-order chi connectivity index (χ1) is 5.38. The van der Waals surface area contributed by atoms with E-state index in [4.69, 9.17) is 0 Å². The minimum atomic E-state index is 1.27. The molecule has 1 aromatic rings. The second-order valence-corrected chi connectivity index (χ2v) is 3.08. The van der Waals surface area contributed by atoms with E-state index in [1.165, 1.54) is 29.5 Å². The van der Waals surface area contributed by atoms with Crippen LogP contribution in [-0.4, -0.2) is 0 Å². The first-order valence-corrected chi connectivity index (χ1v) is 4.13. The highest BCUT2D eigenvalue weighted by Gasteiger charge is 2.08. The fourth-order valence-electron chi connectivity index (χ4n) is 1.47. The molecule has 0 atom stereocenters. The lowest BCUT2D eigenvalue weighted by Crippen LogP contribution is -1.95. The summed E-state index contributed by atoms with van der Waals surface area (Å²) in [6.45, 7) is 2.18. The Morgan fingerprint density at radius 1 is 1.18 bits per heavy atom. The fraction of sp³-hybridized carbons (Fsp3) is 0.273. The minimum absolute atomic E-state index is 1.27. The number of hydrogen-bond donors (Lipinski definition) is 0. The summed E-state index contributed by atoms with van der Waals surface area (Å²) in [6.07, 6.45) is 4.86. The molecule has 0 radical (unpaired) electrons. The summed E-state index contributed by atoms with van der Waals surface area (Å²) < 4.78 is 0. The maximum absolute atomic E-state index is 2.32. The Morgan fingerprint density at radius 3 is 2.45 bits per heavy atom. The second-order valence-electron chi connectivity index (χ2n) is 3.08. The summed E-state index contributed by atoms with van der Waals surface area (Å²) in [5.41, 5.74) is 4.38. The molecule has 0 nitrogen and oxygen atoms in total. The topological polar surface area (TPSA) is 0 Å². The van der Waals surface area contributed by atoms with Gasteiger partial charge in [-0.3, -0.25) is 0 Å². The summed E-state index contributed by atoms with van der Waals surface area (Å²) in [5, 5.41) is 0. The van der Waals surface area contributed by atoms with Gasteiger partial charge in [-0.05, 0) is 36.5 Å². The van der Waals surface area contributed by atoms with Crippen molar-refractivity contribution in [3.8, 4) is 0 Å². The van der Waals surface area contributed by atoms with Gasteiger partial charge in [0, 0.05) is 0 Å². The van der Waals surface area contributed by atoms with Crippen molar-refractivity contribution in [2.75, 3.05) is 0 Å². The summed E-state index contributed by atoms with van der Waals surface area (Å²) in [4.78, 5) is 0. The summed E-state index contributed by atoms with van der Waals surface area (Å²) in [5.74, 6) is 0. The normalized spacial score (nSPS) is 15.5. The van der Waals surface area contributed by atoms with Gasteiger partial charge in [-0.2, -0.15) is 0 Å². The molecule has 0 saturated carbocycles. The molecule has 0 heterocycles. The molecule has 56 valence electrons. The number of hydrogen-bond acceptors (Lipinski definition) is 0. The summed E-state index contributed by atoms with van der Waals surface area (Å²) >= 11 is 0. The van der Waals surface area contributed by atoms with E-state index in [-0.39, 0.29) is 0 Å². The molecule has 0 saturated heterocycles. The second kappa shape index (κ2) is 2.54. The largest absolute Gasteiger partial charge is 0.0804 e. The predicted octanol–water partition coefficient (Wildman–Crippen LogP) is 3.17. The van der Waals surface area contributed by atoms with E-state index in [0.717, 1.165) is 0 Å². The molecule has 0 unspecified atom stereocenters. The molecule has 0 aromatic heterocycles. The lowest BCUT2D eigenvalue weighted by atomic mass is 9.89. The fourth-order valence-corrected chi connectivity index (χ4v) is 1.47.